The van der Waals surface area contributed by atoms with E-state index in [1.165, 1.54) is 50.1 Å². The Bertz CT molecular complexity index is 379. The van der Waals surface area contributed by atoms with Gasteiger partial charge in [0.25, 0.3) is 0 Å². The highest BCUT2D eigenvalue weighted by molar-refractivity contribution is 5.70. The van der Waals surface area contributed by atoms with E-state index >= 15 is 0 Å². The number of nitrogens with one attached hydrogen (secondary N) is 2. The van der Waals surface area contributed by atoms with E-state index in [1.807, 2.05) is 0 Å². The van der Waals surface area contributed by atoms with Crippen LogP contribution >= 0.6 is 0 Å². The van der Waals surface area contributed by atoms with Gasteiger partial charge in [-0.05, 0) is 50.9 Å². The van der Waals surface area contributed by atoms with Gasteiger partial charge in [-0.15, -0.1) is 0 Å². The first kappa shape index (κ1) is 11.8. The number of para-hydroxylation sites is 2. The van der Waals surface area contributed by atoms with Crippen LogP contribution in [0.15, 0.2) is 24.3 Å². The lowest BCUT2D eigenvalue weighted by atomic mass is 10.1. The van der Waals surface area contributed by atoms with Crippen LogP contribution in [0.3, 0.4) is 0 Å². The van der Waals surface area contributed by atoms with E-state index in [0.717, 1.165) is 13.1 Å². The molecular formula is C15H23N3. The molecule has 2 aliphatic heterocycles. The molecule has 0 aromatic heterocycles. The van der Waals surface area contributed by atoms with Gasteiger partial charge >= 0.3 is 0 Å². The van der Waals surface area contributed by atoms with Gasteiger partial charge in [-0.2, -0.15) is 0 Å². The van der Waals surface area contributed by atoms with Crippen molar-refractivity contribution in [3.63, 3.8) is 0 Å². The molecule has 98 valence electrons. The van der Waals surface area contributed by atoms with Gasteiger partial charge in [-0.25, -0.2) is 0 Å². The van der Waals surface area contributed by atoms with E-state index in [2.05, 4.69) is 39.8 Å². The van der Waals surface area contributed by atoms with E-state index in [9.17, 15) is 0 Å². The standard InChI is InChI=1S/C15H23N3/c1-2-6-15(18-11-3-4-12-18)14(5-1)17-13-7-9-16-10-8-13/h1-2,5-6,13,16-17H,3-4,7-12H2. The second-order valence-corrected chi connectivity index (χ2v) is 5.38. The molecule has 3 heteroatoms. The van der Waals surface area contributed by atoms with Gasteiger partial charge in [0.05, 0.1) is 11.4 Å². The summed E-state index contributed by atoms with van der Waals surface area (Å²) in [6, 6.07) is 9.42. The summed E-state index contributed by atoms with van der Waals surface area (Å²) in [7, 11) is 0. The number of rotatable bonds is 3. The molecule has 0 radical (unpaired) electrons. The summed E-state index contributed by atoms with van der Waals surface area (Å²) in [6.07, 6.45) is 5.13. The maximum absolute atomic E-state index is 3.74. The molecule has 2 N–H and O–H groups in total. The van der Waals surface area contributed by atoms with Crippen LogP contribution in [-0.4, -0.2) is 32.2 Å². The molecule has 3 rings (SSSR count). The Morgan fingerprint density at radius 3 is 2.56 bits per heavy atom. The van der Waals surface area contributed by atoms with E-state index in [0.29, 0.717) is 6.04 Å². The zero-order chi connectivity index (χ0) is 12.2. The number of nitrogens with zero attached hydrogens (tertiary/aromatic N) is 1. The molecule has 1 aromatic carbocycles. The number of hydrogen-bond acceptors (Lipinski definition) is 3. The van der Waals surface area contributed by atoms with Crippen molar-refractivity contribution in [3.05, 3.63) is 24.3 Å². The fraction of sp³-hybridized carbons (Fsp3) is 0.600. The van der Waals surface area contributed by atoms with Gasteiger partial charge in [0.1, 0.15) is 0 Å². The monoisotopic (exact) mass is 245 g/mol. The molecule has 2 saturated heterocycles. The van der Waals surface area contributed by atoms with E-state index in [4.69, 9.17) is 0 Å². The third kappa shape index (κ3) is 2.61. The van der Waals surface area contributed by atoms with Gasteiger partial charge in [-0.1, -0.05) is 12.1 Å². The summed E-state index contributed by atoms with van der Waals surface area (Å²) in [5.41, 5.74) is 2.72. The Morgan fingerprint density at radius 2 is 1.78 bits per heavy atom. The van der Waals surface area contributed by atoms with Gasteiger partial charge < -0.3 is 15.5 Å². The lowest BCUT2D eigenvalue weighted by Gasteiger charge is -2.28. The summed E-state index contributed by atoms with van der Waals surface area (Å²) >= 11 is 0. The summed E-state index contributed by atoms with van der Waals surface area (Å²) < 4.78 is 0. The summed E-state index contributed by atoms with van der Waals surface area (Å²) in [5, 5.41) is 7.16. The first-order chi connectivity index (χ1) is 8.93. The minimum Gasteiger partial charge on any atom is -0.381 e. The Morgan fingerprint density at radius 1 is 1.06 bits per heavy atom. The smallest absolute Gasteiger partial charge is 0.0602 e. The topological polar surface area (TPSA) is 27.3 Å². The van der Waals surface area contributed by atoms with Crippen LogP contribution < -0.4 is 15.5 Å². The van der Waals surface area contributed by atoms with E-state index < -0.39 is 0 Å². The van der Waals surface area contributed by atoms with Gasteiger partial charge in [0.2, 0.25) is 0 Å². The average molecular weight is 245 g/mol. The molecule has 0 amide bonds. The van der Waals surface area contributed by atoms with Crippen LogP contribution in [0.2, 0.25) is 0 Å². The molecule has 2 heterocycles. The zero-order valence-corrected chi connectivity index (χ0v) is 11.0. The third-order valence-electron chi connectivity index (χ3n) is 4.05. The van der Waals surface area contributed by atoms with Crippen molar-refractivity contribution in [1.82, 2.24) is 5.32 Å². The fourth-order valence-electron chi connectivity index (χ4n) is 3.02. The quantitative estimate of drug-likeness (QED) is 0.856. The van der Waals surface area contributed by atoms with Crippen molar-refractivity contribution in [3.8, 4) is 0 Å². The molecule has 0 atom stereocenters. The van der Waals surface area contributed by atoms with Crippen molar-refractivity contribution >= 4 is 11.4 Å². The van der Waals surface area contributed by atoms with Crippen LogP contribution in [0.1, 0.15) is 25.7 Å². The molecule has 0 saturated carbocycles. The highest BCUT2D eigenvalue weighted by Gasteiger charge is 2.18. The molecular weight excluding hydrogens is 222 g/mol. The fourth-order valence-corrected chi connectivity index (χ4v) is 3.02. The van der Waals surface area contributed by atoms with Gasteiger partial charge in [-0.3, -0.25) is 0 Å². The van der Waals surface area contributed by atoms with Crippen molar-refractivity contribution in [2.45, 2.75) is 31.7 Å². The first-order valence-electron chi connectivity index (χ1n) is 7.25. The molecule has 2 fully saturated rings. The van der Waals surface area contributed by atoms with Crippen molar-refractivity contribution in [2.75, 3.05) is 36.4 Å². The number of anilines is 2. The lowest BCUT2D eigenvalue weighted by Crippen LogP contribution is -2.35. The predicted octanol–water partition coefficient (Wildman–Crippen LogP) is 2.45. The van der Waals surface area contributed by atoms with Crippen molar-refractivity contribution in [2.24, 2.45) is 0 Å². The van der Waals surface area contributed by atoms with Crippen LogP contribution in [0.4, 0.5) is 11.4 Å². The van der Waals surface area contributed by atoms with Crippen LogP contribution in [-0.2, 0) is 0 Å². The van der Waals surface area contributed by atoms with Gasteiger partial charge in [0, 0.05) is 19.1 Å². The summed E-state index contributed by atoms with van der Waals surface area (Å²) in [6.45, 7) is 4.71. The molecule has 1 aromatic rings. The Balaban J connectivity index is 1.73. The molecule has 0 aliphatic carbocycles. The lowest BCUT2D eigenvalue weighted by molar-refractivity contribution is 0.479. The molecule has 18 heavy (non-hydrogen) atoms. The number of piperidine rings is 1. The predicted molar refractivity (Wildman–Crippen MR) is 77.4 cm³/mol. The largest absolute Gasteiger partial charge is 0.381 e. The van der Waals surface area contributed by atoms with Crippen molar-refractivity contribution < 1.29 is 0 Å². The van der Waals surface area contributed by atoms with Crippen molar-refractivity contribution in [1.29, 1.82) is 0 Å². The first-order valence-corrected chi connectivity index (χ1v) is 7.25. The number of hydrogen-bond donors (Lipinski definition) is 2. The molecule has 0 spiro atoms. The average Bonchev–Trinajstić information content (AvgIpc) is 2.94. The second-order valence-electron chi connectivity index (χ2n) is 5.38. The molecule has 3 nitrogen and oxygen atoms in total. The maximum atomic E-state index is 3.74. The van der Waals surface area contributed by atoms with Crippen LogP contribution in [0, 0.1) is 0 Å². The van der Waals surface area contributed by atoms with Crippen LogP contribution in [0.5, 0.6) is 0 Å². The highest BCUT2D eigenvalue weighted by Crippen LogP contribution is 2.29. The van der Waals surface area contributed by atoms with E-state index in [-0.39, 0.29) is 0 Å². The normalized spacial score (nSPS) is 21.2. The molecule has 0 unspecified atom stereocenters. The third-order valence-corrected chi connectivity index (χ3v) is 4.05. The maximum Gasteiger partial charge on any atom is 0.0602 e. The number of benzene rings is 1. The molecule has 2 aliphatic rings. The second kappa shape index (κ2) is 5.61. The SMILES string of the molecule is c1ccc(N2CCCC2)c(NC2CCNCC2)c1. The minimum atomic E-state index is 0.634. The van der Waals surface area contributed by atoms with Crippen LogP contribution in [0.25, 0.3) is 0 Å². The Hall–Kier alpha value is -1.22. The Kier molecular flexibility index (Phi) is 3.69. The highest BCUT2D eigenvalue weighted by atomic mass is 15.2. The summed E-state index contributed by atoms with van der Waals surface area (Å²) in [4.78, 5) is 2.52. The zero-order valence-electron chi connectivity index (χ0n) is 11.0. The minimum absolute atomic E-state index is 0.634. The molecule has 0 bridgehead atoms. The summed E-state index contributed by atoms with van der Waals surface area (Å²) in [5.74, 6) is 0. The van der Waals surface area contributed by atoms with Gasteiger partial charge in [0.15, 0.2) is 0 Å². The van der Waals surface area contributed by atoms with E-state index in [1.54, 1.807) is 0 Å². The Labute approximate surface area is 110 Å².